The summed E-state index contributed by atoms with van der Waals surface area (Å²) in [6, 6.07) is 26.1. The van der Waals surface area contributed by atoms with Crippen LogP contribution in [0.25, 0.3) is 12.2 Å². The Morgan fingerprint density at radius 3 is 1.85 bits per heavy atom. The highest BCUT2D eigenvalue weighted by Crippen LogP contribution is 2.23. The summed E-state index contributed by atoms with van der Waals surface area (Å²) in [6.07, 6.45) is 3.94. The van der Waals surface area contributed by atoms with E-state index in [0.717, 1.165) is 16.7 Å². The molecule has 7 heteroatoms. The lowest BCUT2D eigenvalue weighted by molar-refractivity contribution is 0.0509. The van der Waals surface area contributed by atoms with E-state index in [0.29, 0.717) is 29.0 Å². The molecule has 0 aliphatic rings. The summed E-state index contributed by atoms with van der Waals surface area (Å²) in [7, 11) is 0. The molecule has 0 radical (unpaired) electrons. The van der Waals surface area contributed by atoms with Crippen molar-refractivity contribution in [1.29, 1.82) is 0 Å². The van der Waals surface area contributed by atoms with Crippen molar-refractivity contribution in [1.82, 2.24) is 0 Å². The van der Waals surface area contributed by atoms with E-state index in [9.17, 15) is 14.7 Å². The summed E-state index contributed by atoms with van der Waals surface area (Å²) in [5.41, 5.74) is 3.74. The average molecular weight is 551 g/mol. The first-order valence-electron chi connectivity index (χ1n) is 12.9. The van der Waals surface area contributed by atoms with Gasteiger partial charge in [0.1, 0.15) is 17.2 Å². The monoisotopic (exact) mass is 550 g/mol. The van der Waals surface area contributed by atoms with Crippen LogP contribution in [0.1, 0.15) is 43.0 Å². The van der Waals surface area contributed by atoms with Gasteiger partial charge in [-0.3, -0.25) is 0 Å². The van der Waals surface area contributed by atoms with Gasteiger partial charge in [-0.25, -0.2) is 9.59 Å². The van der Waals surface area contributed by atoms with Crippen LogP contribution >= 0.6 is 0 Å². The number of ether oxygens (including phenoxy) is 4. The summed E-state index contributed by atoms with van der Waals surface area (Å²) >= 11 is 0. The fourth-order valence-corrected chi connectivity index (χ4v) is 3.81. The molecule has 1 N–H and O–H groups in total. The molecule has 0 fully saturated rings. The standard InChI is InChI=1S/C34H30O7/c1-3-24-5-11-27(12-6-24)34(37)41-32-18-13-28(21-29(32)22-35)33(36)38-20-19-26-9-16-31(17-10-26)40-23-39-30-14-7-25(4-2)8-15-30/h3-18,21,35H,1-2,19-20,22-23H2. The number of aliphatic hydroxyl groups excluding tert-OH is 1. The molecule has 0 spiro atoms. The minimum atomic E-state index is -0.576. The van der Waals surface area contributed by atoms with Gasteiger partial charge in [0.15, 0.2) is 0 Å². The molecule has 4 aromatic carbocycles. The number of carbonyl (C=O) groups excluding carboxylic acids is 2. The zero-order valence-electron chi connectivity index (χ0n) is 22.5. The van der Waals surface area contributed by atoms with Crippen molar-refractivity contribution in [2.24, 2.45) is 0 Å². The highest BCUT2D eigenvalue weighted by molar-refractivity contribution is 5.92. The van der Waals surface area contributed by atoms with Crippen LogP contribution in [-0.4, -0.2) is 30.4 Å². The second-order valence-corrected chi connectivity index (χ2v) is 8.91. The van der Waals surface area contributed by atoms with Crippen molar-refractivity contribution in [2.75, 3.05) is 13.4 Å². The van der Waals surface area contributed by atoms with Crippen LogP contribution in [0.4, 0.5) is 0 Å². The second-order valence-electron chi connectivity index (χ2n) is 8.91. The molecule has 4 rings (SSSR count). The van der Waals surface area contributed by atoms with Gasteiger partial charge in [-0.1, -0.05) is 61.7 Å². The molecule has 0 bridgehead atoms. The first-order chi connectivity index (χ1) is 20.0. The maximum Gasteiger partial charge on any atom is 0.343 e. The fraction of sp³-hybridized carbons (Fsp3) is 0.118. The molecular formula is C34H30O7. The molecule has 208 valence electrons. The molecule has 0 aliphatic carbocycles. The van der Waals surface area contributed by atoms with Crippen LogP contribution in [0.2, 0.25) is 0 Å². The quantitative estimate of drug-likeness (QED) is 0.115. The Labute approximate surface area is 238 Å². The van der Waals surface area contributed by atoms with Crippen LogP contribution in [0.5, 0.6) is 17.2 Å². The number of carbonyl (C=O) groups is 2. The molecule has 4 aromatic rings. The minimum absolute atomic E-state index is 0.0705. The van der Waals surface area contributed by atoms with Gasteiger partial charge in [0, 0.05) is 12.0 Å². The molecule has 41 heavy (non-hydrogen) atoms. The zero-order chi connectivity index (χ0) is 29.0. The van der Waals surface area contributed by atoms with Crippen LogP contribution in [0, 0.1) is 0 Å². The van der Waals surface area contributed by atoms with Crippen molar-refractivity contribution < 1.29 is 33.6 Å². The number of aliphatic hydroxyl groups is 1. The highest BCUT2D eigenvalue weighted by Gasteiger charge is 2.15. The smallest absolute Gasteiger partial charge is 0.343 e. The highest BCUT2D eigenvalue weighted by atomic mass is 16.7. The Kier molecular flexibility index (Phi) is 10.1. The lowest BCUT2D eigenvalue weighted by Gasteiger charge is -2.11. The van der Waals surface area contributed by atoms with Gasteiger partial charge in [-0.15, -0.1) is 0 Å². The summed E-state index contributed by atoms with van der Waals surface area (Å²) in [4.78, 5) is 25.1. The van der Waals surface area contributed by atoms with Crippen molar-refractivity contribution in [3.05, 3.63) is 138 Å². The van der Waals surface area contributed by atoms with Crippen LogP contribution in [0.15, 0.2) is 104 Å². The van der Waals surface area contributed by atoms with Crippen molar-refractivity contribution in [3.63, 3.8) is 0 Å². The van der Waals surface area contributed by atoms with Gasteiger partial charge in [-0.05, 0) is 71.3 Å². The number of rotatable bonds is 13. The van der Waals surface area contributed by atoms with Crippen molar-refractivity contribution in [2.45, 2.75) is 13.0 Å². The Hall–Kier alpha value is -5.14. The van der Waals surface area contributed by atoms with E-state index < -0.39 is 18.5 Å². The van der Waals surface area contributed by atoms with Crippen LogP contribution < -0.4 is 14.2 Å². The van der Waals surface area contributed by atoms with Gasteiger partial charge < -0.3 is 24.1 Å². The van der Waals surface area contributed by atoms with Gasteiger partial charge in [0.2, 0.25) is 6.79 Å². The topological polar surface area (TPSA) is 91.3 Å². The SMILES string of the molecule is C=Cc1ccc(OCOc2ccc(CCOC(=O)c3ccc(OC(=O)c4ccc(C=C)cc4)c(CO)c3)cc2)cc1. The molecule has 0 aliphatic heterocycles. The molecule has 0 atom stereocenters. The third kappa shape index (κ3) is 8.17. The van der Waals surface area contributed by atoms with Gasteiger partial charge in [0.05, 0.1) is 24.3 Å². The predicted octanol–water partition coefficient (Wildman–Crippen LogP) is 6.50. The van der Waals surface area contributed by atoms with E-state index >= 15 is 0 Å². The molecule has 0 amide bonds. The maximum absolute atomic E-state index is 12.6. The molecule has 7 nitrogen and oxygen atoms in total. The number of benzene rings is 4. The largest absolute Gasteiger partial charge is 0.462 e. The van der Waals surface area contributed by atoms with E-state index in [1.807, 2.05) is 48.5 Å². The Morgan fingerprint density at radius 1 is 0.707 bits per heavy atom. The number of esters is 2. The summed E-state index contributed by atoms with van der Waals surface area (Å²) in [6.45, 7) is 7.22. The van der Waals surface area contributed by atoms with E-state index in [2.05, 4.69) is 13.2 Å². The van der Waals surface area contributed by atoms with Gasteiger partial charge in [-0.2, -0.15) is 0 Å². The molecule has 0 saturated heterocycles. The maximum atomic E-state index is 12.6. The minimum Gasteiger partial charge on any atom is -0.462 e. The van der Waals surface area contributed by atoms with E-state index in [4.69, 9.17) is 18.9 Å². The number of hydrogen-bond donors (Lipinski definition) is 1. The first kappa shape index (κ1) is 28.9. The van der Waals surface area contributed by atoms with E-state index in [-0.39, 0.29) is 24.7 Å². The normalized spacial score (nSPS) is 10.4. The Morgan fingerprint density at radius 2 is 1.27 bits per heavy atom. The van der Waals surface area contributed by atoms with Crippen molar-refractivity contribution >= 4 is 24.1 Å². The lowest BCUT2D eigenvalue weighted by Crippen LogP contribution is -2.12. The number of hydrogen-bond acceptors (Lipinski definition) is 7. The molecular weight excluding hydrogens is 520 g/mol. The molecule has 0 aromatic heterocycles. The summed E-state index contributed by atoms with van der Waals surface area (Å²) in [5, 5.41) is 9.78. The second kappa shape index (κ2) is 14.3. The Balaban J connectivity index is 1.23. The lowest BCUT2D eigenvalue weighted by atomic mass is 10.1. The predicted molar refractivity (Wildman–Crippen MR) is 157 cm³/mol. The van der Waals surface area contributed by atoms with Gasteiger partial charge in [0.25, 0.3) is 0 Å². The van der Waals surface area contributed by atoms with E-state index in [1.54, 1.807) is 36.4 Å². The molecule has 0 saturated carbocycles. The van der Waals surface area contributed by atoms with Crippen LogP contribution in [0.3, 0.4) is 0 Å². The van der Waals surface area contributed by atoms with Crippen molar-refractivity contribution in [3.8, 4) is 17.2 Å². The fourth-order valence-electron chi connectivity index (χ4n) is 3.81. The average Bonchev–Trinajstić information content (AvgIpc) is 3.02. The molecule has 0 heterocycles. The third-order valence-corrected chi connectivity index (χ3v) is 6.17. The zero-order valence-corrected chi connectivity index (χ0v) is 22.5. The van der Waals surface area contributed by atoms with E-state index in [1.165, 1.54) is 18.2 Å². The summed E-state index contributed by atoms with van der Waals surface area (Å²) in [5.74, 6) is 0.397. The first-order valence-corrected chi connectivity index (χ1v) is 12.9. The molecule has 0 unspecified atom stereocenters. The van der Waals surface area contributed by atoms with Gasteiger partial charge >= 0.3 is 11.9 Å². The Bertz CT molecular complexity index is 1490. The van der Waals surface area contributed by atoms with Crippen LogP contribution in [-0.2, 0) is 17.8 Å². The summed E-state index contributed by atoms with van der Waals surface area (Å²) < 4.78 is 22.1. The third-order valence-electron chi connectivity index (χ3n) is 6.17.